The summed E-state index contributed by atoms with van der Waals surface area (Å²) in [7, 11) is 0. The van der Waals surface area contributed by atoms with Crippen LogP contribution < -0.4 is 5.32 Å². The molecule has 1 saturated carbocycles. The SMILES string of the molecule is CCC(=O)OCc1ccc(-c2ccc(Nc3ccc(C4CCC4)c4c3C(=O)c3ccccc3C4=O)cc2)cc1. The Hall–Kier alpha value is -4.51. The van der Waals surface area contributed by atoms with Crippen molar-refractivity contribution in [3.05, 3.63) is 118 Å². The van der Waals surface area contributed by atoms with Crippen molar-refractivity contribution in [2.75, 3.05) is 5.32 Å². The third kappa shape index (κ3) is 4.65. The molecule has 1 fully saturated rings. The summed E-state index contributed by atoms with van der Waals surface area (Å²) in [6, 6.07) is 27.0. The fourth-order valence-electron chi connectivity index (χ4n) is 5.37. The number of carbonyl (C=O) groups is 3. The van der Waals surface area contributed by atoms with E-state index >= 15 is 0 Å². The first-order valence-corrected chi connectivity index (χ1v) is 13.5. The van der Waals surface area contributed by atoms with Crippen molar-refractivity contribution in [2.45, 2.75) is 45.1 Å². The van der Waals surface area contributed by atoms with E-state index in [0.29, 0.717) is 40.3 Å². The van der Waals surface area contributed by atoms with Crippen molar-refractivity contribution in [1.82, 2.24) is 0 Å². The molecule has 4 aromatic carbocycles. The number of carbonyl (C=O) groups excluding carboxylic acids is 3. The molecule has 0 bridgehead atoms. The first-order chi connectivity index (χ1) is 19.0. The highest BCUT2D eigenvalue weighted by atomic mass is 16.5. The number of nitrogens with one attached hydrogen (secondary N) is 1. The zero-order chi connectivity index (χ0) is 26.9. The third-order valence-corrected chi connectivity index (χ3v) is 7.79. The molecule has 0 spiro atoms. The van der Waals surface area contributed by atoms with Gasteiger partial charge in [-0.2, -0.15) is 0 Å². The standard InChI is InChI=1S/C34H29NO4/c1-2-30(36)39-20-21-10-12-22(13-11-21)23-14-16-25(17-15-23)35-29-19-18-26(24-6-5-7-24)31-32(29)34(38)28-9-4-3-8-27(28)33(31)37/h3-4,8-19,24,35H,2,5-7,20H2,1H3. The highest BCUT2D eigenvalue weighted by molar-refractivity contribution is 6.30. The molecule has 6 rings (SSSR count). The maximum atomic E-state index is 13.7. The smallest absolute Gasteiger partial charge is 0.305 e. The van der Waals surface area contributed by atoms with E-state index < -0.39 is 0 Å². The average Bonchev–Trinajstić information content (AvgIpc) is 2.95. The van der Waals surface area contributed by atoms with Crippen LogP contribution in [0, 0.1) is 0 Å². The quantitative estimate of drug-likeness (QED) is 0.226. The van der Waals surface area contributed by atoms with Crippen LogP contribution in [0.4, 0.5) is 11.4 Å². The van der Waals surface area contributed by atoms with E-state index in [9.17, 15) is 14.4 Å². The number of hydrogen-bond acceptors (Lipinski definition) is 5. The lowest BCUT2D eigenvalue weighted by Gasteiger charge is -2.31. The first kappa shape index (κ1) is 24.8. The van der Waals surface area contributed by atoms with Gasteiger partial charge in [-0.15, -0.1) is 0 Å². The van der Waals surface area contributed by atoms with E-state index in [2.05, 4.69) is 5.32 Å². The van der Waals surface area contributed by atoms with Crippen LogP contribution in [0.15, 0.2) is 84.9 Å². The van der Waals surface area contributed by atoms with Crippen LogP contribution in [-0.4, -0.2) is 17.5 Å². The molecule has 0 radical (unpaired) electrons. The minimum atomic E-state index is -0.212. The summed E-state index contributed by atoms with van der Waals surface area (Å²) in [5.74, 6) is -0.0465. The predicted octanol–water partition coefficient (Wildman–Crippen LogP) is 7.59. The van der Waals surface area contributed by atoms with Crippen LogP contribution in [-0.2, 0) is 16.1 Å². The second-order valence-electron chi connectivity index (χ2n) is 10.2. The summed E-state index contributed by atoms with van der Waals surface area (Å²) in [5, 5.41) is 3.42. The van der Waals surface area contributed by atoms with E-state index in [1.807, 2.05) is 66.7 Å². The van der Waals surface area contributed by atoms with E-state index in [-0.39, 0.29) is 24.1 Å². The number of benzene rings is 4. The molecule has 1 N–H and O–H groups in total. The summed E-state index contributed by atoms with van der Waals surface area (Å²) in [5.41, 5.74) is 7.51. The highest BCUT2D eigenvalue weighted by Gasteiger charge is 2.36. The highest BCUT2D eigenvalue weighted by Crippen LogP contribution is 2.43. The van der Waals surface area contributed by atoms with Crippen LogP contribution in [0.2, 0.25) is 0 Å². The Labute approximate surface area is 227 Å². The van der Waals surface area contributed by atoms with Crippen molar-refractivity contribution in [1.29, 1.82) is 0 Å². The Bertz CT molecular complexity index is 1580. The van der Waals surface area contributed by atoms with Crippen LogP contribution in [0.3, 0.4) is 0 Å². The van der Waals surface area contributed by atoms with Gasteiger partial charge in [-0.05, 0) is 59.2 Å². The van der Waals surface area contributed by atoms with E-state index in [1.165, 1.54) is 0 Å². The Balaban J connectivity index is 1.27. The van der Waals surface area contributed by atoms with Crippen molar-refractivity contribution in [3.63, 3.8) is 0 Å². The second kappa shape index (κ2) is 10.3. The summed E-state index contributed by atoms with van der Waals surface area (Å²) in [6.07, 6.45) is 3.62. The molecule has 5 nitrogen and oxygen atoms in total. The fraction of sp³-hybridized carbons (Fsp3) is 0.206. The lowest BCUT2D eigenvalue weighted by atomic mass is 9.73. The number of ketones is 2. The van der Waals surface area contributed by atoms with Gasteiger partial charge >= 0.3 is 5.97 Å². The van der Waals surface area contributed by atoms with Crippen molar-refractivity contribution in [3.8, 4) is 11.1 Å². The number of fused-ring (bicyclic) bond motifs is 2. The largest absolute Gasteiger partial charge is 0.461 e. The molecule has 0 atom stereocenters. The van der Waals surface area contributed by atoms with Gasteiger partial charge in [-0.25, -0.2) is 0 Å². The van der Waals surface area contributed by atoms with Gasteiger partial charge in [-0.3, -0.25) is 14.4 Å². The normalized spacial score (nSPS) is 14.3. The van der Waals surface area contributed by atoms with Gasteiger partial charge in [0.05, 0.1) is 11.3 Å². The van der Waals surface area contributed by atoms with Gasteiger partial charge in [0.2, 0.25) is 0 Å². The molecular weight excluding hydrogens is 486 g/mol. The van der Waals surface area contributed by atoms with Crippen LogP contribution in [0.1, 0.15) is 81.5 Å². The van der Waals surface area contributed by atoms with Crippen molar-refractivity contribution >= 4 is 28.9 Å². The Kier molecular flexibility index (Phi) is 6.57. The minimum Gasteiger partial charge on any atom is -0.461 e. The minimum absolute atomic E-state index is 0.0611. The molecular formula is C34H29NO4. The van der Waals surface area contributed by atoms with Crippen LogP contribution in [0.5, 0.6) is 0 Å². The van der Waals surface area contributed by atoms with Gasteiger partial charge in [-0.1, -0.05) is 80.1 Å². The molecule has 0 saturated heterocycles. The molecule has 2 aliphatic carbocycles. The van der Waals surface area contributed by atoms with Crippen molar-refractivity contribution in [2.24, 2.45) is 0 Å². The number of anilines is 2. The first-order valence-electron chi connectivity index (χ1n) is 13.5. The zero-order valence-corrected chi connectivity index (χ0v) is 21.8. The molecule has 2 aliphatic rings. The number of rotatable bonds is 7. The summed E-state index contributed by atoms with van der Waals surface area (Å²) in [4.78, 5) is 38.7. The van der Waals surface area contributed by atoms with Crippen LogP contribution >= 0.6 is 0 Å². The van der Waals surface area contributed by atoms with E-state index in [0.717, 1.165) is 47.2 Å². The summed E-state index contributed by atoms with van der Waals surface area (Å²) >= 11 is 0. The molecule has 0 aromatic heterocycles. The molecule has 39 heavy (non-hydrogen) atoms. The topological polar surface area (TPSA) is 72.5 Å². The summed E-state index contributed by atoms with van der Waals surface area (Å²) < 4.78 is 5.21. The van der Waals surface area contributed by atoms with E-state index in [1.54, 1.807) is 25.1 Å². The molecule has 0 heterocycles. The van der Waals surface area contributed by atoms with Gasteiger partial charge in [0.1, 0.15) is 6.61 Å². The maximum Gasteiger partial charge on any atom is 0.305 e. The predicted molar refractivity (Wildman–Crippen MR) is 152 cm³/mol. The number of hydrogen-bond donors (Lipinski definition) is 1. The molecule has 0 unspecified atom stereocenters. The van der Waals surface area contributed by atoms with Crippen LogP contribution in [0.25, 0.3) is 11.1 Å². The monoisotopic (exact) mass is 515 g/mol. The fourth-order valence-corrected chi connectivity index (χ4v) is 5.37. The van der Waals surface area contributed by atoms with Gasteiger partial charge in [0.25, 0.3) is 0 Å². The van der Waals surface area contributed by atoms with Gasteiger partial charge in [0.15, 0.2) is 11.6 Å². The Morgan fingerprint density at radius 3 is 2.00 bits per heavy atom. The third-order valence-electron chi connectivity index (χ3n) is 7.79. The summed E-state index contributed by atoms with van der Waals surface area (Å²) in [6.45, 7) is 2.05. The Morgan fingerprint density at radius 2 is 1.41 bits per heavy atom. The van der Waals surface area contributed by atoms with Gasteiger partial charge in [0, 0.05) is 28.8 Å². The average molecular weight is 516 g/mol. The van der Waals surface area contributed by atoms with Crippen molar-refractivity contribution < 1.29 is 19.1 Å². The van der Waals surface area contributed by atoms with E-state index in [4.69, 9.17) is 4.74 Å². The Morgan fingerprint density at radius 1 is 0.795 bits per heavy atom. The number of esters is 1. The molecule has 5 heteroatoms. The maximum absolute atomic E-state index is 13.7. The lowest BCUT2D eigenvalue weighted by Crippen LogP contribution is -2.25. The molecule has 194 valence electrons. The number of ether oxygens (including phenoxy) is 1. The zero-order valence-electron chi connectivity index (χ0n) is 21.8. The second-order valence-corrected chi connectivity index (χ2v) is 10.2. The van der Waals surface area contributed by atoms with Gasteiger partial charge < -0.3 is 10.1 Å². The lowest BCUT2D eigenvalue weighted by molar-refractivity contribution is -0.144. The molecule has 4 aromatic rings. The molecule has 0 amide bonds. The molecule has 0 aliphatic heterocycles.